The topological polar surface area (TPSA) is 87.2 Å². The minimum atomic E-state index is 0.669. The van der Waals surface area contributed by atoms with E-state index in [9.17, 15) is 0 Å². The molecule has 8 nitrogen and oxygen atoms in total. The summed E-state index contributed by atoms with van der Waals surface area (Å²) in [5, 5.41) is 3.08. The summed E-state index contributed by atoms with van der Waals surface area (Å²) < 4.78 is 4.21. The molecule has 8 heteroatoms. The predicted octanol–water partition coefficient (Wildman–Crippen LogP) is 7.58. The highest BCUT2D eigenvalue weighted by Crippen LogP contribution is 2.37. The summed E-state index contributed by atoms with van der Waals surface area (Å²) in [6, 6.07) is 34.5. The van der Waals surface area contributed by atoms with Gasteiger partial charge in [0.25, 0.3) is 0 Å². The third kappa shape index (κ3) is 3.71. The van der Waals surface area contributed by atoms with Gasteiger partial charge in [0.1, 0.15) is 11.3 Å². The Balaban J connectivity index is 1.29. The molecule has 0 atom stereocenters. The lowest BCUT2D eigenvalue weighted by molar-refractivity contribution is 1.05. The largest absolute Gasteiger partial charge is 0.291 e. The molecule has 3 aromatic carbocycles. The Kier molecular flexibility index (Phi) is 5.33. The van der Waals surface area contributed by atoms with Crippen LogP contribution in [0.5, 0.6) is 0 Å². The quantitative estimate of drug-likeness (QED) is 0.218. The standard InChI is InChI=1S/C36H22N8/c1-3-10-23(11-4-1)33-38-19-25(20-39-33)43-30-15-8-7-14-27(30)28-18-29-32-31(16-9-17-37-32)44(36(29)42-35(28)43)26-21-40-34(41-22-26)24-12-5-2-6-13-24/h1-22H. The van der Waals surface area contributed by atoms with Crippen molar-refractivity contribution in [3.63, 3.8) is 0 Å². The summed E-state index contributed by atoms with van der Waals surface area (Å²) in [7, 11) is 0. The van der Waals surface area contributed by atoms with Crippen LogP contribution in [0.2, 0.25) is 0 Å². The zero-order valence-electron chi connectivity index (χ0n) is 23.3. The Morgan fingerprint density at radius 2 is 0.955 bits per heavy atom. The molecule has 0 aliphatic heterocycles. The molecule has 0 saturated carbocycles. The van der Waals surface area contributed by atoms with E-state index in [1.165, 1.54) is 0 Å². The fraction of sp³-hybridized carbons (Fsp3) is 0. The zero-order chi connectivity index (χ0) is 29.0. The van der Waals surface area contributed by atoms with Crippen LogP contribution < -0.4 is 0 Å². The molecule has 9 aromatic rings. The van der Waals surface area contributed by atoms with Crippen LogP contribution >= 0.6 is 0 Å². The van der Waals surface area contributed by atoms with Crippen molar-refractivity contribution in [1.82, 2.24) is 39.0 Å². The molecule has 9 rings (SSSR count). The molecule has 6 aromatic heterocycles. The van der Waals surface area contributed by atoms with Crippen molar-refractivity contribution in [2.45, 2.75) is 0 Å². The fourth-order valence-electron chi connectivity index (χ4n) is 5.99. The Bertz CT molecular complexity index is 2290. The van der Waals surface area contributed by atoms with Gasteiger partial charge < -0.3 is 0 Å². The van der Waals surface area contributed by atoms with Crippen molar-refractivity contribution in [2.75, 3.05) is 0 Å². The van der Waals surface area contributed by atoms with Crippen LogP contribution in [0.4, 0.5) is 0 Å². The number of benzene rings is 3. The summed E-state index contributed by atoms with van der Waals surface area (Å²) in [5.41, 5.74) is 7.99. The molecule has 0 radical (unpaired) electrons. The third-order valence-electron chi connectivity index (χ3n) is 7.98. The molecule has 44 heavy (non-hydrogen) atoms. The van der Waals surface area contributed by atoms with E-state index in [0.29, 0.717) is 11.6 Å². The van der Waals surface area contributed by atoms with Crippen molar-refractivity contribution < 1.29 is 0 Å². The third-order valence-corrected chi connectivity index (χ3v) is 7.98. The molecular formula is C36H22N8. The lowest BCUT2D eigenvalue weighted by atomic mass is 10.1. The van der Waals surface area contributed by atoms with E-state index >= 15 is 0 Å². The molecule has 0 fully saturated rings. The van der Waals surface area contributed by atoms with Crippen molar-refractivity contribution >= 4 is 44.0 Å². The average molecular weight is 567 g/mol. The smallest absolute Gasteiger partial charge is 0.159 e. The maximum atomic E-state index is 5.34. The Morgan fingerprint density at radius 1 is 0.432 bits per heavy atom. The number of para-hydroxylation sites is 1. The summed E-state index contributed by atoms with van der Waals surface area (Å²) >= 11 is 0. The number of hydrogen-bond donors (Lipinski definition) is 0. The van der Waals surface area contributed by atoms with Crippen molar-refractivity contribution in [1.29, 1.82) is 0 Å². The first-order valence-electron chi connectivity index (χ1n) is 14.3. The molecule has 0 aliphatic carbocycles. The van der Waals surface area contributed by atoms with E-state index in [0.717, 1.165) is 66.5 Å². The molecule has 0 amide bonds. The second kappa shape index (κ2) is 9.64. The number of fused-ring (bicyclic) bond motifs is 6. The van der Waals surface area contributed by atoms with Gasteiger partial charge in [-0.05, 0) is 24.3 Å². The maximum absolute atomic E-state index is 5.34. The lowest BCUT2D eigenvalue weighted by Gasteiger charge is -2.09. The van der Waals surface area contributed by atoms with Gasteiger partial charge in [0, 0.05) is 33.5 Å². The van der Waals surface area contributed by atoms with Crippen LogP contribution in [0, 0.1) is 0 Å². The minimum Gasteiger partial charge on any atom is -0.291 e. The highest BCUT2D eigenvalue weighted by molar-refractivity contribution is 6.15. The van der Waals surface area contributed by atoms with E-state index in [1.807, 2.05) is 104 Å². The predicted molar refractivity (Wildman–Crippen MR) is 173 cm³/mol. The zero-order valence-corrected chi connectivity index (χ0v) is 23.3. The van der Waals surface area contributed by atoms with Crippen LogP contribution in [0.25, 0.3) is 78.2 Å². The van der Waals surface area contributed by atoms with Crippen LogP contribution in [0.3, 0.4) is 0 Å². The summed E-state index contributed by atoms with van der Waals surface area (Å²) in [4.78, 5) is 29.0. The van der Waals surface area contributed by atoms with Crippen LogP contribution in [-0.2, 0) is 0 Å². The number of rotatable bonds is 4. The highest BCUT2D eigenvalue weighted by Gasteiger charge is 2.21. The van der Waals surface area contributed by atoms with Gasteiger partial charge in [-0.3, -0.25) is 14.1 Å². The van der Waals surface area contributed by atoms with Gasteiger partial charge in [-0.15, -0.1) is 0 Å². The number of aromatic nitrogens is 8. The summed E-state index contributed by atoms with van der Waals surface area (Å²) in [5.74, 6) is 1.35. The lowest BCUT2D eigenvalue weighted by Crippen LogP contribution is -2.01. The number of hydrogen-bond acceptors (Lipinski definition) is 6. The molecule has 0 spiro atoms. The van der Waals surface area contributed by atoms with Crippen molar-refractivity contribution in [3.8, 4) is 34.2 Å². The van der Waals surface area contributed by atoms with Crippen molar-refractivity contribution in [2.24, 2.45) is 0 Å². The van der Waals surface area contributed by atoms with E-state index in [1.54, 1.807) is 0 Å². The second-order valence-corrected chi connectivity index (χ2v) is 10.6. The molecule has 0 aliphatic rings. The van der Waals surface area contributed by atoms with E-state index in [-0.39, 0.29) is 0 Å². The van der Waals surface area contributed by atoms with Gasteiger partial charge in [-0.1, -0.05) is 78.9 Å². The van der Waals surface area contributed by atoms with E-state index in [2.05, 4.69) is 39.5 Å². The second-order valence-electron chi connectivity index (χ2n) is 10.6. The Morgan fingerprint density at radius 3 is 1.59 bits per heavy atom. The number of pyridine rings is 2. The maximum Gasteiger partial charge on any atom is 0.159 e. The minimum absolute atomic E-state index is 0.669. The van der Waals surface area contributed by atoms with Crippen LogP contribution in [0.1, 0.15) is 0 Å². The molecule has 0 bridgehead atoms. The first kappa shape index (κ1) is 24.3. The molecular weight excluding hydrogens is 544 g/mol. The van der Waals surface area contributed by atoms with Crippen LogP contribution in [0.15, 0.2) is 134 Å². The van der Waals surface area contributed by atoms with Gasteiger partial charge in [0.05, 0.1) is 52.7 Å². The summed E-state index contributed by atoms with van der Waals surface area (Å²) in [6.07, 6.45) is 9.23. The van der Waals surface area contributed by atoms with Gasteiger partial charge in [0.15, 0.2) is 11.6 Å². The molecule has 0 N–H and O–H groups in total. The molecule has 6 heterocycles. The monoisotopic (exact) mass is 566 g/mol. The molecule has 0 unspecified atom stereocenters. The summed E-state index contributed by atoms with van der Waals surface area (Å²) in [6.45, 7) is 0. The fourth-order valence-corrected chi connectivity index (χ4v) is 5.99. The SMILES string of the molecule is c1ccc(-c2ncc(-n3c4ccccc4c4cc5c6ncccc6n(-c6cnc(-c7ccccc7)nc6)c5nc43)cn2)cc1. The Labute approximate surface area is 251 Å². The normalized spacial score (nSPS) is 11.6. The van der Waals surface area contributed by atoms with Gasteiger partial charge in [-0.2, -0.15) is 0 Å². The van der Waals surface area contributed by atoms with E-state index in [4.69, 9.17) is 29.9 Å². The van der Waals surface area contributed by atoms with Gasteiger partial charge >= 0.3 is 0 Å². The molecule has 0 saturated heterocycles. The van der Waals surface area contributed by atoms with Crippen LogP contribution in [-0.4, -0.2) is 39.0 Å². The highest BCUT2D eigenvalue weighted by atomic mass is 15.1. The first-order chi connectivity index (χ1) is 21.8. The average Bonchev–Trinajstić information content (AvgIpc) is 3.60. The first-order valence-corrected chi connectivity index (χ1v) is 14.3. The van der Waals surface area contributed by atoms with Gasteiger partial charge in [0.2, 0.25) is 0 Å². The Hall–Kier alpha value is -6.28. The molecule has 206 valence electrons. The number of nitrogens with zero attached hydrogens (tertiary/aromatic N) is 8. The van der Waals surface area contributed by atoms with Crippen molar-refractivity contribution in [3.05, 3.63) is 134 Å². The van der Waals surface area contributed by atoms with E-state index < -0.39 is 0 Å². The van der Waals surface area contributed by atoms with Gasteiger partial charge in [-0.25, -0.2) is 24.9 Å².